The van der Waals surface area contributed by atoms with Crippen molar-refractivity contribution in [1.82, 2.24) is 5.16 Å². The summed E-state index contributed by atoms with van der Waals surface area (Å²) in [7, 11) is 0. The summed E-state index contributed by atoms with van der Waals surface area (Å²) in [5.41, 5.74) is 2.25. The van der Waals surface area contributed by atoms with Gasteiger partial charge < -0.3 is 13.7 Å². The molecule has 1 aromatic carbocycles. The van der Waals surface area contributed by atoms with E-state index in [1.165, 1.54) is 12.1 Å². The molecule has 6 heteroatoms. The monoisotopic (exact) mass is 313 g/mol. The molecule has 0 aliphatic carbocycles. The number of hydrogen-bond acceptors (Lipinski definition) is 6. The van der Waals surface area contributed by atoms with E-state index in [1.54, 1.807) is 6.92 Å². The lowest BCUT2D eigenvalue weighted by Crippen LogP contribution is -2.07. The molecule has 2 heterocycles. The summed E-state index contributed by atoms with van der Waals surface area (Å²) in [5, 5.41) is 4.37. The normalized spacial score (nSPS) is 10.9. The molecule has 0 spiro atoms. The molecule has 0 fully saturated rings. The van der Waals surface area contributed by atoms with E-state index in [0.29, 0.717) is 16.8 Å². The number of ether oxygens (including phenoxy) is 1. The number of fused-ring (bicyclic) bond motifs is 1. The summed E-state index contributed by atoms with van der Waals surface area (Å²) in [6.07, 6.45) is 0.837. The fourth-order valence-electron chi connectivity index (χ4n) is 2.29. The van der Waals surface area contributed by atoms with Crippen LogP contribution in [-0.2, 0) is 17.8 Å². The Morgan fingerprint density at radius 3 is 2.78 bits per heavy atom. The molecule has 118 valence electrons. The quantitative estimate of drug-likeness (QED) is 0.544. The third kappa shape index (κ3) is 3.15. The number of carbonyl (C=O) groups is 1. The first kappa shape index (κ1) is 15.0. The Balaban J connectivity index is 1.87. The van der Waals surface area contributed by atoms with Crippen molar-refractivity contribution in [2.45, 2.75) is 26.9 Å². The molecule has 0 unspecified atom stereocenters. The van der Waals surface area contributed by atoms with Crippen LogP contribution in [0.2, 0.25) is 0 Å². The Kier molecular flexibility index (Phi) is 3.97. The van der Waals surface area contributed by atoms with Gasteiger partial charge in [0.1, 0.15) is 12.2 Å². The van der Waals surface area contributed by atoms with Crippen molar-refractivity contribution < 1.29 is 18.5 Å². The lowest BCUT2D eigenvalue weighted by Gasteiger charge is -2.07. The molecular formula is C17H15NO5. The molecule has 2 aromatic heterocycles. The average Bonchev–Trinajstić information content (AvgIpc) is 2.98. The standard InChI is InChI=1S/C17H15NO5/c1-3-11-4-5-13-12(8-16(19)22-14(13)7-11)9-21-17(20)15-6-10(2)18-23-15/h4-8H,3,9H2,1-2H3. The number of benzene rings is 1. The molecule has 0 aliphatic heterocycles. The summed E-state index contributed by atoms with van der Waals surface area (Å²) < 4.78 is 15.3. The lowest BCUT2D eigenvalue weighted by atomic mass is 10.1. The minimum Gasteiger partial charge on any atom is -0.455 e. The van der Waals surface area contributed by atoms with Gasteiger partial charge in [-0.05, 0) is 25.0 Å². The van der Waals surface area contributed by atoms with Gasteiger partial charge in [0.15, 0.2) is 0 Å². The summed E-state index contributed by atoms with van der Waals surface area (Å²) in [5.74, 6) is -0.597. The van der Waals surface area contributed by atoms with Gasteiger partial charge in [-0.1, -0.05) is 24.2 Å². The molecule has 3 rings (SSSR count). The van der Waals surface area contributed by atoms with Crippen LogP contribution in [0.25, 0.3) is 11.0 Å². The van der Waals surface area contributed by atoms with Gasteiger partial charge in [0, 0.05) is 23.1 Å². The number of carbonyl (C=O) groups excluding carboxylic acids is 1. The zero-order valence-corrected chi connectivity index (χ0v) is 12.8. The van der Waals surface area contributed by atoms with Crippen molar-refractivity contribution >= 4 is 16.9 Å². The van der Waals surface area contributed by atoms with Crippen molar-refractivity contribution in [3.63, 3.8) is 0 Å². The molecular weight excluding hydrogens is 298 g/mol. The smallest absolute Gasteiger partial charge is 0.377 e. The maximum atomic E-state index is 11.9. The third-order valence-electron chi connectivity index (χ3n) is 3.49. The minimum atomic E-state index is -0.628. The van der Waals surface area contributed by atoms with Gasteiger partial charge >= 0.3 is 11.6 Å². The Morgan fingerprint density at radius 1 is 1.26 bits per heavy atom. The summed E-state index contributed by atoms with van der Waals surface area (Å²) in [6.45, 7) is 3.68. The third-order valence-corrected chi connectivity index (χ3v) is 3.49. The first-order chi connectivity index (χ1) is 11.1. The van der Waals surface area contributed by atoms with E-state index in [4.69, 9.17) is 13.7 Å². The number of esters is 1. The van der Waals surface area contributed by atoms with Crippen LogP contribution in [0.5, 0.6) is 0 Å². The Bertz CT molecular complexity index is 922. The predicted octanol–water partition coefficient (Wildman–Crippen LogP) is 3.01. The van der Waals surface area contributed by atoms with E-state index in [2.05, 4.69) is 5.16 Å². The van der Waals surface area contributed by atoms with Gasteiger partial charge in [0.25, 0.3) is 0 Å². The highest BCUT2D eigenvalue weighted by Gasteiger charge is 2.15. The van der Waals surface area contributed by atoms with Crippen molar-refractivity contribution in [3.8, 4) is 0 Å². The molecule has 23 heavy (non-hydrogen) atoms. The van der Waals surface area contributed by atoms with Crippen molar-refractivity contribution in [1.29, 1.82) is 0 Å². The fourth-order valence-corrected chi connectivity index (χ4v) is 2.29. The second-order valence-electron chi connectivity index (χ2n) is 5.18. The Labute approximate surface area is 131 Å². The summed E-state index contributed by atoms with van der Waals surface area (Å²) >= 11 is 0. The Hall–Kier alpha value is -2.89. The van der Waals surface area contributed by atoms with Crippen LogP contribution < -0.4 is 5.63 Å². The van der Waals surface area contributed by atoms with E-state index in [0.717, 1.165) is 17.4 Å². The van der Waals surface area contributed by atoms with Crippen molar-refractivity contribution in [2.75, 3.05) is 0 Å². The number of rotatable bonds is 4. The van der Waals surface area contributed by atoms with Crippen LogP contribution in [-0.4, -0.2) is 11.1 Å². The molecule has 0 amide bonds. The van der Waals surface area contributed by atoms with E-state index < -0.39 is 11.6 Å². The fraction of sp³-hybridized carbons (Fsp3) is 0.235. The van der Waals surface area contributed by atoms with E-state index >= 15 is 0 Å². The Morgan fingerprint density at radius 2 is 2.09 bits per heavy atom. The zero-order valence-electron chi connectivity index (χ0n) is 12.8. The highest BCUT2D eigenvalue weighted by molar-refractivity contribution is 5.86. The lowest BCUT2D eigenvalue weighted by molar-refractivity contribution is 0.0427. The number of nitrogens with zero attached hydrogens (tertiary/aromatic N) is 1. The highest BCUT2D eigenvalue weighted by atomic mass is 16.6. The second-order valence-corrected chi connectivity index (χ2v) is 5.18. The average molecular weight is 313 g/mol. The van der Waals surface area contributed by atoms with Gasteiger partial charge in [0.05, 0.1) is 5.69 Å². The first-order valence-corrected chi connectivity index (χ1v) is 7.23. The van der Waals surface area contributed by atoms with E-state index in [9.17, 15) is 9.59 Å². The maximum absolute atomic E-state index is 11.9. The number of aromatic nitrogens is 1. The molecule has 0 radical (unpaired) electrons. The summed E-state index contributed by atoms with van der Waals surface area (Å²) in [6, 6.07) is 8.45. The first-order valence-electron chi connectivity index (χ1n) is 7.23. The molecule has 0 saturated carbocycles. The van der Waals surface area contributed by atoms with Gasteiger partial charge in [-0.2, -0.15) is 0 Å². The molecule has 0 atom stereocenters. The van der Waals surface area contributed by atoms with E-state index in [-0.39, 0.29) is 12.4 Å². The molecule has 0 aliphatic rings. The van der Waals surface area contributed by atoms with Crippen LogP contribution in [0.1, 0.15) is 34.3 Å². The molecule has 0 N–H and O–H groups in total. The van der Waals surface area contributed by atoms with Crippen LogP contribution in [0.3, 0.4) is 0 Å². The number of aryl methyl sites for hydroxylation is 2. The van der Waals surface area contributed by atoms with Crippen molar-refractivity contribution in [3.05, 3.63) is 63.3 Å². The van der Waals surface area contributed by atoms with Crippen molar-refractivity contribution in [2.24, 2.45) is 0 Å². The number of hydrogen-bond donors (Lipinski definition) is 0. The highest BCUT2D eigenvalue weighted by Crippen LogP contribution is 2.20. The van der Waals surface area contributed by atoms with Crippen LogP contribution in [0, 0.1) is 6.92 Å². The van der Waals surface area contributed by atoms with Crippen LogP contribution >= 0.6 is 0 Å². The van der Waals surface area contributed by atoms with Crippen LogP contribution in [0.4, 0.5) is 0 Å². The van der Waals surface area contributed by atoms with Gasteiger partial charge in [0.2, 0.25) is 5.76 Å². The molecule has 6 nitrogen and oxygen atoms in total. The van der Waals surface area contributed by atoms with Gasteiger partial charge in [-0.15, -0.1) is 0 Å². The molecule has 0 saturated heterocycles. The second kappa shape index (κ2) is 6.08. The largest absolute Gasteiger partial charge is 0.455 e. The predicted molar refractivity (Wildman–Crippen MR) is 82.2 cm³/mol. The topological polar surface area (TPSA) is 82.5 Å². The van der Waals surface area contributed by atoms with Gasteiger partial charge in [-0.25, -0.2) is 9.59 Å². The maximum Gasteiger partial charge on any atom is 0.377 e. The SMILES string of the molecule is CCc1ccc2c(COC(=O)c3cc(C)no3)cc(=O)oc2c1. The van der Waals surface area contributed by atoms with Gasteiger partial charge in [-0.3, -0.25) is 0 Å². The van der Waals surface area contributed by atoms with E-state index in [1.807, 2.05) is 25.1 Å². The van der Waals surface area contributed by atoms with Crippen LogP contribution in [0.15, 0.2) is 44.1 Å². The molecule has 3 aromatic rings. The molecule has 0 bridgehead atoms. The minimum absolute atomic E-state index is 0.0306. The zero-order chi connectivity index (χ0) is 16.4. The summed E-state index contributed by atoms with van der Waals surface area (Å²) in [4.78, 5) is 23.6.